The number of anilines is 1. The smallest absolute Gasteiger partial charge is 0.160 e. The zero-order valence-corrected chi connectivity index (χ0v) is 12.5. The summed E-state index contributed by atoms with van der Waals surface area (Å²) in [5.41, 5.74) is 1.63. The number of carbonyl (C=O) groups is 1. The Morgan fingerprint density at radius 1 is 1.38 bits per heavy atom. The van der Waals surface area contributed by atoms with E-state index < -0.39 is 5.97 Å². The minimum atomic E-state index is -1.19. The molecule has 0 aromatic carbocycles. The molecule has 7 heteroatoms. The third-order valence-electron chi connectivity index (χ3n) is 4.12. The first-order chi connectivity index (χ1) is 9.97. The molecule has 21 heavy (non-hydrogen) atoms. The SMILES string of the molecule is Cc1nn(C)c2nc(N3CC[NH+](C)CC3)c(C(=O)[O-])cc12. The summed E-state index contributed by atoms with van der Waals surface area (Å²) in [5.74, 6) is -0.688. The van der Waals surface area contributed by atoms with Crippen LogP contribution in [0.25, 0.3) is 11.0 Å². The number of nitrogens with zero attached hydrogens (tertiary/aromatic N) is 4. The Balaban J connectivity index is 2.13. The van der Waals surface area contributed by atoms with Crippen LogP contribution in [0.3, 0.4) is 0 Å². The number of carboxylic acids is 1. The van der Waals surface area contributed by atoms with Crippen molar-refractivity contribution in [3.63, 3.8) is 0 Å². The molecule has 0 saturated carbocycles. The highest BCUT2D eigenvalue weighted by Crippen LogP contribution is 2.25. The van der Waals surface area contributed by atoms with Crippen LogP contribution < -0.4 is 14.9 Å². The number of aryl methyl sites for hydroxylation is 2. The van der Waals surface area contributed by atoms with E-state index in [-0.39, 0.29) is 5.56 Å². The topological polar surface area (TPSA) is 78.5 Å². The Morgan fingerprint density at radius 3 is 2.67 bits per heavy atom. The number of likely N-dealkylation sites (N-methyl/N-ethyl adjacent to an activating group) is 1. The summed E-state index contributed by atoms with van der Waals surface area (Å²) in [7, 11) is 3.96. The first-order valence-corrected chi connectivity index (χ1v) is 7.09. The lowest BCUT2D eigenvalue weighted by Gasteiger charge is -2.32. The summed E-state index contributed by atoms with van der Waals surface area (Å²) in [6.45, 7) is 5.37. The maximum atomic E-state index is 11.5. The summed E-state index contributed by atoms with van der Waals surface area (Å²) < 4.78 is 1.69. The van der Waals surface area contributed by atoms with Crippen LogP contribution in [0.4, 0.5) is 5.82 Å². The van der Waals surface area contributed by atoms with Crippen LogP contribution in [0.5, 0.6) is 0 Å². The van der Waals surface area contributed by atoms with Gasteiger partial charge in [0.2, 0.25) is 0 Å². The molecular formula is C14H19N5O2. The summed E-state index contributed by atoms with van der Waals surface area (Å²) >= 11 is 0. The molecule has 0 atom stereocenters. The fraction of sp³-hybridized carbons (Fsp3) is 0.500. The van der Waals surface area contributed by atoms with Crippen LogP contribution in [0.15, 0.2) is 6.07 Å². The number of aromatic carboxylic acids is 1. The Hall–Kier alpha value is -2.15. The lowest BCUT2D eigenvalue weighted by Crippen LogP contribution is -3.12. The molecule has 1 aliphatic rings. The molecule has 3 heterocycles. The molecule has 1 aliphatic heterocycles. The number of rotatable bonds is 2. The minimum absolute atomic E-state index is 0.151. The minimum Gasteiger partial charge on any atom is -0.545 e. The van der Waals surface area contributed by atoms with E-state index in [0.717, 1.165) is 37.3 Å². The third-order valence-corrected chi connectivity index (χ3v) is 4.12. The van der Waals surface area contributed by atoms with Crippen LogP contribution in [-0.4, -0.2) is 54.0 Å². The van der Waals surface area contributed by atoms with Gasteiger partial charge < -0.3 is 19.7 Å². The van der Waals surface area contributed by atoms with Crippen molar-refractivity contribution in [2.24, 2.45) is 7.05 Å². The van der Waals surface area contributed by atoms with Gasteiger partial charge >= 0.3 is 0 Å². The van der Waals surface area contributed by atoms with Gasteiger partial charge in [-0.2, -0.15) is 5.10 Å². The standard InChI is InChI=1S/C14H19N5O2/c1-9-10-8-11(14(20)21)13(15-12(10)18(3)16-9)19-6-4-17(2)5-7-19/h8H,4-7H2,1-3H3,(H,20,21). The van der Waals surface area contributed by atoms with Gasteiger partial charge in [-0.05, 0) is 13.0 Å². The van der Waals surface area contributed by atoms with Crippen molar-refractivity contribution >= 4 is 22.8 Å². The summed E-state index contributed by atoms with van der Waals surface area (Å²) in [4.78, 5) is 19.5. The Morgan fingerprint density at radius 2 is 2.05 bits per heavy atom. The van der Waals surface area contributed by atoms with E-state index in [1.54, 1.807) is 10.7 Å². The number of nitrogens with one attached hydrogen (secondary N) is 1. The normalized spacial score (nSPS) is 16.6. The van der Waals surface area contributed by atoms with Crippen LogP contribution in [-0.2, 0) is 7.05 Å². The van der Waals surface area contributed by atoms with Gasteiger partial charge in [0.1, 0.15) is 5.82 Å². The van der Waals surface area contributed by atoms with Crippen molar-refractivity contribution in [2.75, 3.05) is 38.1 Å². The maximum Gasteiger partial charge on any atom is 0.160 e. The number of carbonyl (C=O) groups excluding carboxylic acids is 1. The van der Waals surface area contributed by atoms with Crippen LogP contribution in [0.2, 0.25) is 0 Å². The third kappa shape index (κ3) is 2.33. The molecule has 1 fully saturated rings. The zero-order valence-electron chi connectivity index (χ0n) is 12.5. The molecule has 0 bridgehead atoms. The highest BCUT2D eigenvalue weighted by atomic mass is 16.4. The Labute approximate surface area is 122 Å². The highest BCUT2D eigenvalue weighted by molar-refractivity contribution is 5.97. The summed E-state index contributed by atoms with van der Waals surface area (Å²) in [6, 6.07) is 1.64. The van der Waals surface area contributed by atoms with E-state index in [1.165, 1.54) is 4.90 Å². The molecule has 3 rings (SSSR count). The molecule has 7 nitrogen and oxygen atoms in total. The molecule has 1 N–H and O–H groups in total. The number of quaternary nitrogens is 1. The highest BCUT2D eigenvalue weighted by Gasteiger charge is 2.22. The first kappa shape index (κ1) is 13.8. The summed E-state index contributed by atoms with van der Waals surface area (Å²) in [5, 5.41) is 16.6. The van der Waals surface area contributed by atoms with Gasteiger partial charge in [0.05, 0.1) is 44.9 Å². The van der Waals surface area contributed by atoms with E-state index in [9.17, 15) is 9.90 Å². The van der Waals surface area contributed by atoms with E-state index in [1.807, 2.05) is 18.9 Å². The van der Waals surface area contributed by atoms with E-state index >= 15 is 0 Å². The van der Waals surface area contributed by atoms with Crippen molar-refractivity contribution in [3.05, 3.63) is 17.3 Å². The second-order valence-corrected chi connectivity index (χ2v) is 5.67. The molecule has 0 unspecified atom stereocenters. The lowest BCUT2D eigenvalue weighted by atomic mass is 10.1. The predicted octanol–water partition coefficient (Wildman–Crippen LogP) is -2.03. The van der Waals surface area contributed by atoms with Gasteiger partial charge in [0.25, 0.3) is 0 Å². The maximum absolute atomic E-state index is 11.5. The van der Waals surface area contributed by atoms with Crippen molar-refractivity contribution < 1.29 is 14.8 Å². The molecule has 0 amide bonds. The number of hydrogen-bond acceptors (Lipinski definition) is 5. The van der Waals surface area contributed by atoms with Crippen LogP contribution >= 0.6 is 0 Å². The van der Waals surface area contributed by atoms with Gasteiger partial charge in [-0.1, -0.05) is 0 Å². The fourth-order valence-corrected chi connectivity index (χ4v) is 2.82. The van der Waals surface area contributed by atoms with Gasteiger partial charge in [0.15, 0.2) is 5.65 Å². The zero-order chi connectivity index (χ0) is 15.1. The molecule has 0 spiro atoms. The number of fused-ring (bicyclic) bond motifs is 1. The van der Waals surface area contributed by atoms with Crippen molar-refractivity contribution in [2.45, 2.75) is 6.92 Å². The average Bonchev–Trinajstić information content (AvgIpc) is 2.73. The number of pyridine rings is 1. The van der Waals surface area contributed by atoms with Crippen molar-refractivity contribution in [3.8, 4) is 0 Å². The Bertz CT molecular complexity index is 701. The lowest BCUT2D eigenvalue weighted by molar-refractivity contribution is -0.880. The first-order valence-electron chi connectivity index (χ1n) is 7.09. The number of carboxylic acid groups (broad SMARTS) is 1. The number of piperazine rings is 1. The molecule has 0 aliphatic carbocycles. The molecular weight excluding hydrogens is 270 g/mol. The summed E-state index contributed by atoms with van der Waals surface area (Å²) in [6.07, 6.45) is 0. The predicted molar refractivity (Wildman–Crippen MR) is 76.4 cm³/mol. The number of hydrogen-bond donors (Lipinski definition) is 1. The second-order valence-electron chi connectivity index (χ2n) is 5.67. The molecule has 2 aromatic rings. The van der Waals surface area contributed by atoms with Gasteiger partial charge in [0, 0.05) is 18.0 Å². The average molecular weight is 289 g/mol. The van der Waals surface area contributed by atoms with Crippen LogP contribution in [0.1, 0.15) is 16.1 Å². The quantitative estimate of drug-likeness (QED) is 0.690. The molecule has 2 aromatic heterocycles. The molecule has 1 saturated heterocycles. The van der Waals surface area contributed by atoms with E-state index in [4.69, 9.17) is 0 Å². The van der Waals surface area contributed by atoms with Gasteiger partial charge in [-0.3, -0.25) is 4.68 Å². The number of aromatic nitrogens is 3. The second kappa shape index (κ2) is 5.00. The van der Waals surface area contributed by atoms with Crippen LogP contribution in [0, 0.1) is 6.92 Å². The van der Waals surface area contributed by atoms with Gasteiger partial charge in [-0.25, -0.2) is 4.98 Å². The fourth-order valence-electron chi connectivity index (χ4n) is 2.82. The largest absolute Gasteiger partial charge is 0.545 e. The molecule has 112 valence electrons. The van der Waals surface area contributed by atoms with E-state index in [2.05, 4.69) is 17.1 Å². The Kier molecular flexibility index (Phi) is 3.29. The monoisotopic (exact) mass is 289 g/mol. The molecule has 0 radical (unpaired) electrons. The van der Waals surface area contributed by atoms with Crippen molar-refractivity contribution in [1.82, 2.24) is 14.8 Å². The van der Waals surface area contributed by atoms with Gasteiger partial charge in [-0.15, -0.1) is 0 Å². The van der Waals surface area contributed by atoms with Crippen molar-refractivity contribution in [1.29, 1.82) is 0 Å². The van der Waals surface area contributed by atoms with E-state index in [0.29, 0.717) is 11.5 Å².